The number of nitrogens with one attached hydrogen (secondary N) is 1. The molecule has 1 amide bonds. The van der Waals surface area contributed by atoms with Crippen molar-refractivity contribution in [2.24, 2.45) is 11.1 Å². The van der Waals surface area contributed by atoms with Crippen LogP contribution in [0, 0.1) is 5.41 Å². The summed E-state index contributed by atoms with van der Waals surface area (Å²) >= 11 is 3.39. The minimum absolute atomic E-state index is 0. The Hall–Kier alpha value is -0.820. The van der Waals surface area contributed by atoms with Crippen molar-refractivity contribution >= 4 is 34.2 Å². The number of amides is 1. The van der Waals surface area contributed by atoms with Crippen LogP contribution in [0.5, 0.6) is 5.75 Å². The second-order valence-electron chi connectivity index (χ2n) is 6.40. The molecule has 7 heteroatoms. The molecule has 5 nitrogen and oxygen atoms in total. The van der Waals surface area contributed by atoms with E-state index >= 15 is 0 Å². The molecule has 0 aliphatic heterocycles. The zero-order chi connectivity index (χ0) is 17.1. The van der Waals surface area contributed by atoms with Crippen LogP contribution in [0.2, 0.25) is 0 Å². The highest BCUT2D eigenvalue weighted by molar-refractivity contribution is 9.10. The van der Waals surface area contributed by atoms with Crippen molar-refractivity contribution in [3.63, 3.8) is 0 Å². The normalized spacial score (nSPS) is 24.5. The van der Waals surface area contributed by atoms with Gasteiger partial charge in [0.1, 0.15) is 17.9 Å². The molecule has 0 heterocycles. The minimum Gasteiger partial charge on any atom is -0.492 e. The lowest BCUT2D eigenvalue weighted by atomic mass is 9.54. The van der Waals surface area contributed by atoms with E-state index in [2.05, 4.69) is 21.2 Å². The molecule has 2 rings (SSSR count). The Morgan fingerprint density at radius 3 is 2.75 bits per heavy atom. The van der Waals surface area contributed by atoms with E-state index in [1.54, 1.807) is 0 Å². The van der Waals surface area contributed by atoms with Gasteiger partial charge in [-0.2, -0.15) is 0 Å². The fraction of sp³-hybridized carbons (Fsp3) is 0.588. The number of hydrogen-bond donors (Lipinski definition) is 2. The SMILES string of the molecule is CCOC1CC(N)(C(=O)NCCOc2cccc(Br)c2)C1(C)C.Cl. The number of carbonyl (C=O) groups is 1. The first-order chi connectivity index (χ1) is 10.8. The molecule has 3 N–H and O–H groups in total. The molecule has 0 bridgehead atoms. The predicted octanol–water partition coefficient (Wildman–Crippen LogP) is 2.90. The average molecular weight is 422 g/mol. The van der Waals surface area contributed by atoms with E-state index in [9.17, 15) is 4.79 Å². The molecule has 0 saturated heterocycles. The quantitative estimate of drug-likeness (QED) is 0.664. The Morgan fingerprint density at radius 1 is 1.46 bits per heavy atom. The lowest BCUT2D eigenvalue weighted by Gasteiger charge is -2.57. The van der Waals surface area contributed by atoms with E-state index in [0.717, 1.165) is 10.2 Å². The largest absolute Gasteiger partial charge is 0.492 e. The van der Waals surface area contributed by atoms with Gasteiger partial charge in [-0.25, -0.2) is 0 Å². The maximum atomic E-state index is 12.4. The fourth-order valence-electron chi connectivity index (χ4n) is 2.87. The van der Waals surface area contributed by atoms with Crippen LogP contribution in [0.15, 0.2) is 28.7 Å². The Bertz CT molecular complexity index is 571. The highest BCUT2D eigenvalue weighted by Gasteiger charge is 2.62. The number of rotatable bonds is 7. The molecule has 0 radical (unpaired) electrons. The van der Waals surface area contributed by atoms with Crippen molar-refractivity contribution in [2.45, 2.75) is 38.8 Å². The summed E-state index contributed by atoms with van der Waals surface area (Å²) in [6.07, 6.45) is 0.577. The van der Waals surface area contributed by atoms with Gasteiger partial charge in [-0.1, -0.05) is 35.8 Å². The minimum atomic E-state index is -0.886. The third-order valence-electron chi connectivity index (χ3n) is 4.69. The predicted molar refractivity (Wildman–Crippen MR) is 101 cm³/mol. The lowest BCUT2D eigenvalue weighted by Crippen LogP contribution is -2.75. The van der Waals surface area contributed by atoms with E-state index in [1.165, 1.54) is 0 Å². The average Bonchev–Trinajstić information content (AvgIpc) is 2.51. The first-order valence-corrected chi connectivity index (χ1v) is 8.67. The summed E-state index contributed by atoms with van der Waals surface area (Å²) in [5, 5.41) is 2.87. The molecule has 1 saturated carbocycles. The van der Waals surface area contributed by atoms with Crippen LogP contribution >= 0.6 is 28.3 Å². The summed E-state index contributed by atoms with van der Waals surface area (Å²) in [5.41, 5.74) is 5.06. The summed E-state index contributed by atoms with van der Waals surface area (Å²) in [6, 6.07) is 7.59. The number of nitrogens with two attached hydrogens (primary N) is 1. The molecule has 0 aromatic heterocycles. The summed E-state index contributed by atoms with van der Waals surface area (Å²) in [6.45, 7) is 7.36. The van der Waals surface area contributed by atoms with Crippen LogP contribution in [-0.2, 0) is 9.53 Å². The number of benzene rings is 1. The summed E-state index contributed by atoms with van der Waals surface area (Å²) in [7, 11) is 0. The van der Waals surface area contributed by atoms with Crippen molar-refractivity contribution in [3.05, 3.63) is 28.7 Å². The number of halogens is 2. The van der Waals surface area contributed by atoms with Crippen LogP contribution in [0.25, 0.3) is 0 Å². The van der Waals surface area contributed by atoms with E-state index in [4.69, 9.17) is 15.2 Å². The Balaban J connectivity index is 0.00000288. The van der Waals surface area contributed by atoms with E-state index in [1.807, 2.05) is 45.0 Å². The van der Waals surface area contributed by atoms with Crippen molar-refractivity contribution in [2.75, 3.05) is 19.8 Å². The molecular formula is C17H26BrClN2O3. The summed E-state index contributed by atoms with van der Waals surface area (Å²) in [5.74, 6) is 0.618. The molecule has 1 aliphatic carbocycles. The maximum Gasteiger partial charge on any atom is 0.240 e. The van der Waals surface area contributed by atoms with Gasteiger partial charge in [-0.05, 0) is 25.1 Å². The molecule has 2 unspecified atom stereocenters. The van der Waals surface area contributed by atoms with Crippen LogP contribution in [0.4, 0.5) is 0 Å². The second kappa shape index (κ2) is 8.52. The third kappa shape index (κ3) is 4.23. The molecular weight excluding hydrogens is 396 g/mol. The molecule has 1 fully saturated rings. The van der Waals surface area contributed by atoms with Crippen molar-refractivity contribution in [3.8, 4) is 5.75 Å². The topological polar surface area (TPSA) is 73.6 Å². The van der Waals surface area contributed by atoms with E-state index < -0.39 is 5.54 Å². The van der Waals surface area contributed by atoms with Gasteiger partial charge >= 0.3 is 0 Å². The molecule has 24 heavy (non-hydrogen) atoms. The van der Waals surface area contributed by atoms with Crippen molar-refractivity contribution < 1.29 is 14.3 Å². The van der Waals surface area contributed by atoms with Gasteiger partial charge in [-0.15, -0.1) is 12.4 Å². The molecule has 1 aromatic carbocycles. The zero-order valence-corrected chi connectivity index (χ0v) is 16.7. The maximum absolute atomic E-state index is 12.4. The number of hydrogen-bond acceptors (Lipinski definition) is 4. The Kier molecular flexibility index (Phi) is 7.53. The summed E-state index contributed by atoms with van der Waals surface area (Å²) < 4.78 is 12.2. The van der Waals surface area contributed by atoms with Gasteiger partial charge in [0.25, 0.3) is 0 Å². The van der Waals surface area contributed by atoms with Gasteiger partial charge in [0.05, 0.1) is 12.6 Å². The smallest absolute Gasteiger partial charge is 0.240 e. The monoisotopic (exact) mass is 420 g/mol. The Labute approximate surface area is 158 Å². The van der Waals surface area contributed by atoms with Crippen LogP contribution in [0.1, 0.15) is 27.2 Å². The van der Waals surface area contributed by atoms with Gasteiger partial charge < -0.3 is 20.5 Å². The first-order valence-electron chi connectivity index (χ1n) is 7.88. The fourth-order valence-corrected chi connectivity index (χ4v) is 3.25. The molecule has 1 aliphatic rings. The second-order valence-corrected chi connectivity index (χ2v) is 7.32. The van der Waals surface area contributed by atoms with Gasteiger partial charge in [0.15, 0.2) is 0 Å². The lowest BCUT2D eigenvalue weighted by molar-refractivity contribution is -0.170. The highest BCUT2D eigenvalue weighted by atomic mass is 79.9. The van der Waals surface area contributed by atoms with Gasteiger partial charge in [-0.3, -0.25) is 4.79 Å². The van der Waals surface area contributed by atoms with E-state index in [-0.39, 0.29) is 29.8 Å². The van der Waals surface area contributed by atoms with Crippen LogP contribution < -0.4 is 15.8 Å². The van der Waals surface area contributed by atoms with Gasteiger partial charge in [0, 0.05) is 22.9 Å². The number of carbonyl (C=O) groups excluding carboxylic acids is 1. The van der Waals surface area contributed by atoms with Crippen molar-refractivity contribution in [1.82, 2.24) is 5.32 Å². The summed E-state index contributed by atoms with van der Waals surface area (Å²) in [4.78, 5) is 12.4. The van der Waals surface area contributed by atoms with Crippen molar-refractivity contribution in [1.29, 1.82) is 0 Å². The Morgan fingerprint density at radius 2 is 2.17 bits per heavy atom. The van der Waals surface area contributed by atoms with Crippen LogP contribution in [-0.4, -0.2) is 37.3 Å². The van der Waals surface area contributed by atoms with Gasteiger partial charge in [0.2, 0.25) is 5.91 Å². The molecule has 136 valence electrons. The van der Waals surface area contributed by atoms with Crippen LogP contribution in [0.3, 0.4) is 0 Å². The highest BCUT2D eigenvalue weighted by Crippen LogP contribution is 2.49. The molecule has 1 aromatic rings. The molecule has 0 spiro atoms. The number of ether oxygens (including phenoxy) is 2. The zero-order valence-electron chi connectivity index (χ0n) is 14.3. The third-order valence-corrected chi connectivity index (χ3v) is 5.18. The standard InChI is InChI=1S/C17H25BrN2O3.ClH/c1-4-22-14-11-17(19,16(14,2)3)15(21)20-8-9-23-13-7-5-6-12(18)10-13;/h5-7,10,14H,4,8-9,11,19H2,1-3H3,(H,20,21);1H. The first kappa shape index (κ1) is 21.2. The van der Waals surface area contributed by atoms with E-state index in [0.29, 0.717) is 26.2 Å². The molecule has 2 atom stereocenters.